The number of alkyl halides is 2. The van der Waals surface area contributed by atoms with Crippen LogP contribution in [0.3, 0.4) is 0 Å². The van der Waals surface area contributed by atoms with Gasteiger partial charge in [0.15, 0.2) is 11.7 Å². The van der Waals surface area contributed by atoms with Crippen LogP contribution in [0.1, 0.15) is 30.8 Å². The van der Waals surface area contributed by atoms with Gasteiger partial charge in [-0.15, -0.1) is 0 Å². The molecule has 1 aromatic carbocycles. The van der Waals surface area contributed by atoms with Crippen LogP contribution < -0.4 is 5.32 Å². The van der Waals surface area contributed by atoms with Gasteiger partial charge in [0.2, 0.25) is 0 Å². The molecule has 2 N–H and O–H groups in total. The zero-order chi connectivity index (χ0) is 25.3. The number of carbonyl (C=O) groups excluding carboxylic acids is 1. The van der Waals surface area contributed by atoms with Crippen molar-refractivity contribution in [3.63, 3.8) is 0 Å². The summed E-state index contributed by atoms with van der Waals surface area (Å²) < 4.78 is 49.1. The molecule has 0 spiro atoms. The third-order valence-electron chi connectivity index (χ3n) is 5.97. The van der Waals surface area contributed by atoms with Crippen molar-refractivity contribution in [1.29, 1.82) is 0 Å². The Balaban J connectivity index is 1.85. The molecule has 1 fully saturated rings. The predicted octanol–water partition coefficient (Wildman–Crippen LogP) is 2.82. The topological polar surface area (TPSA) is 92.0 Å². The van der Waals surface area contributed by atoms with E-state index in [-0.39, 0.29) is 35.3 Å². The summed E-state index contributed by atoms with van der Waals surface area (Å²) in [7, 11) is 1.75. The molecule has 1 aromatic heterocycles. The molecule has 0 bridgehead atoms. The summed E-state index contributed by atoms with van der Waals surface area (Å²) in [6.45, 7) is 0.533. The van der Waals surface area contributed by atoms with Crippen LogP contribution in [0.5, 0.6) is 0 Å². The van der Waals surface area contributed by atoms with E-state index in [1.807, 2.05) is 0 Å². The Bertz CT molecular complexity index is 1180. The average molecular weight is 512 g/mol. The molecule has 4 rings (SSSR count). The highest BCUT2D eigenvalue weighted by Crippen LogP contribution is 2.38. The number of aliphatic hydroxyl groups excluding tert-OH is 1. The molecule has 0 saturated carbocycles. The number of benzene rings is 1. The molecule has 35 heavy (non-hydrogen) atoms. The first kappa shape index (κ1) is 25.2. The molecule has 2 aromatic rings. The summed E-state index contributed by atoms with van der Waals surface area (Å²) in [6, 6.07) is 1.92. The number of amidine groups is 1. The number of hydrogen-bond acceptors (Lipinski definition) is 7. The van der Waals surface area contributed by atoms with Gasteiger partial charge in [-0.3, -0.25) is 9.89 Å². The van der Waals surface area contributed by atoms with Gasteiger partial charge in [-0.05, 0) is 19.1 Å². The SMILES string of the molecule is CCOC(=O)C1=C(CN2CC(F)(F)CC2CO)NC(c2nccn2C)=NC1c1ccc(F)cc1Cl. The van der Waals surface area contributed by atoms with E-state index in [2.05, 4.69) is 15.3 Å². The summed E-state index contributed by atoms with van der Waals surface area (Å²) in [4.78, 5) is 23.5. The maximum Gasteiger partial charge on any atom is 0.338 e. The molecule has 1 saturated heterocycles. The lowest BCUT2D eigenvalue weighted by molar-refractivity contribution is -0.139. The molecule has 2 aliphatic rings. The van der Waals surface area contributed by atoms with E-state index < -0.39 is 49.4 Å². The minimum absolute atomic E-state index is 0.0435. The minimum Gasteiger partial charge on any atom is -0.463 e. The Morgan fingerprint density at radius 3 is 2.80 bits per heavy atom. The second-order valence-electron chi connectivity index (χ2n) is 8.45. The molecule has 2 unspecified atom stereocenters. The number of carbonyl (C=O) groups is 1. The standard InChI is InChI=1S/C23H25ClF3N5O3/c1-3-35-22(34)18-17(10-32-12-23(26,27)9-14(32)11-33)29-20(21-28-6-7-31(21)2)30-19(18)15-5-4-13(25)8-16(15)24/h4-8,14,19,33H,3,9-12H2,1-2H3,(H,29,30). The van der Waals surface area contributed by atoms with Crippen molar-refractivity contribution in [3.05, 3.63) is 64.1 Å². The molecule has 0 aliphatic carbocycles. The van der Waals surface area contributed by atoms with E-state index in [4.69, 9.17) is 16.3 Å². The highest BCUT2D eigenvalue weighted by molar-refractivity contribution is 6.31. The number of rotatable bonds is 7. The van der Waals surface area contributed by atoms with Crippen molar-refractivity contribution in [1.82, 2.24) is 19.8 Å². The van der Waals surface area contributed by atoms with Crippen molar-refractivity contribution in [2.75, 3.05) is 26.3 Å². The van der Waals surface area contributed by atoms with Crippen molar-refractivity contribution in [2.45, 2.75) is 31.4 Å². The molecule has 0 radical (unpaired) electrons. The summed E-state index contributed by atoms with van der Waals surface area (Å²) in [6.07, 6.45) is 2.76. The van der Waals surface area contributed by atoms with Crippen LogP contribution >= 0.6 is 11.6 Å². The Morgan fingerprint density at radius 1 is 1.40 bits per heavy atom. The fourth-order valence-corrected chi connectivity index (χ4v) is 4.63. The number of aliphatic imine (C=N–C) groups is 1. The molecule has 8 nitrogen and oxygen atoms in total. The van der Waals surface area contributed by atoms with E-state index in [1.54, 1.807) is 30.9 Å². The van der Waals surface area contributed by atoms with Crippen LogP contribution in [-0.2, 0) is 16.6 Å². The second-order valence-corrected chi connectivity index (χ2v) is 8.85. The average Bonchev–Trinajstić information content (AvgIpc) is 3.34. The molecular weight excluding hydrogens is 487 g/mol. The molecule has 12 heteroatoms. The van der Waals surface area contributed by atoms with Gasteiger partial charge in [0.25, 0.3) is 5.92 Å². The number of aromatic nitrogens is 2. The van der Waals surface area contributed by atoms with Gasteiger partial charge in [0.1, 0.15) is 11.9 Å². The van der Waals surface area contributed by atoms with E-state index >= 15 is 0 Å². The fraction of sp³-hybridized carbons (Fsp3) is 0.435. The largest absolute Gasteiger partial charge is 0.463 e. The maximum absolute atomic E-state index is 14.2. The molecule has 3 heterocycles. The summed E-state index contributed by atoms with van der Waals surface area (Å²) >= 11 is 6.35. The van der Waals surface area contributed by atoms with Crippen LogP contribution in [0.15, 0.2) is 46.9 Å². The maximum atomic E-state index is 14.2. The number of aryl methyl sites for hydroxylation is 1. The number of esters is 1. The van der Waals surface area contributed by atoms with Crippen molar-refractivity contribution >= 4 is 23.4 Å². The monoisotopic (exact) mass is 511 g/mol. The number of ether oxygens (including phenoxy) is 1. The van der Waals surface area contributed by atoms with Crippen molar-refractivity contribution in [3.8, 4) is 0 Å². The number of nitrogens with zero attached hydrogens (tertiary/aromatic N) is 4. The van der Waals surface area contributed by atoms with Gasteiger partial charge in [0.05, 0.1) is 25.3 Å². The highest BCUT2D eigenvalue weighted by Gasteiger charge is 2.46. The number of nitrogens with one attached hydrogen (secondary N) is 1. The lowest BCUT2D eigenvalue weighted by atomic mass is 9.95. The first-order chi connectivity index (χ1) is 16.6. The quantitative estimate of drug-likeness (QED) is 0.555. The molecule has 2 aliphatic heterocycles. The van der Waals surface area contributed by atoms with E-state index in [1.165, 1.54) is 17.0 Å². The van der Waals surface area contributed by atoms with Gasteiger partial charge in [-0.2, -0.15) is 0 Å². The molecule has 2 atom stereocenters. The highest BCUT2D eigenvalue weighted by atomic mass is 35.5. The third-order valence-corrected chi connectivity index (χ3v) is 6.30. The lowest BCUT2D eigenvalue weighted by Gasteiger charge is -2.31. The first-order valence-electron chi connectivity index (χ1n) is 11.0. The van der Waals surface area contributed by atoms with E-state index in [0.717, 1.165) is 6.07 Å². The predicted molar refractivity (Wildman–Crippen MR) is 123 cm³/mol. The van der Waals surface area contributed by atoms with Gasteiger partial charge in [-0.25, -0.2) is 22.9 Å². The Kier molecular flexibility index (Phi) is 7.20. The molecular formula is C23H25ClF3N5O3. The summed E-state index contributed by atoms with van der Waals surface area (Å²) in [5.41, 5.74) is 0.663. The Morgan fingerprint density at radius 2 is 2.17 bits per heavy atom. The van der Waals surface area contributed by atoms with Crippen LogP contribution in [-0.4, -0.2) is 69.6 Å². The number of likely N-dealkylation sites (tertiary alicyclic amines) is 1. The van der Waals surface area contributed by atoms with Gasteiger partial charge in [-0.1, -0.05) is 17.7 Å². The fourth-order valence-electron chi connectivity index (χ4n) is 4.36. The summed E-state index contributed by atoms with van der Waals surface area (Å²) in [5.74, 6) is -3.55. The zero-order valence-electron chi connectivity index (χ0n) is 19.1. The van der Waals surface area contributed by atoms with Crippen LogP contribution in [0, 0.1) is 5.82 Å². The van der Waals surface area contributed by atoms with Crippen molar-refractivity contribution in [2.24, 2.45) is 12.0 Å². The molecule has 0 amide bonds. The minimum atomic E-state index is -2.98. The van der Waals surface area contributed by atoms with Crippen LogP contribution in [0.2, 0.25) is 5.02 Å². The van der Waals surface area contributed by atoms with Crippen LogP contribution in [0.25, 0.3) is 0 Å². The number of halogens is 4. The van der Waals surface area contributed by atoms with E-state index in [0.29, 0.717) is 11.4 Å². The van der Waals surface area contributed by atoms with Crippen molar-refractivity contribution < 1.29 is 27.8 Å². The smallest absolute Gasteiger partial charge is 0.338 e. The summed E-state index contributed by atoms with van der Waals surface area (Å²) in [5, 5.41) is 12.8. The number of imidazole rings is 1. The normalized spacial score (nSPS) is 22.2. The lowest BCUT2D eigenvalue weighted by Crippen LogP contribution is -2.43. The third kappa shape index (κ3) is 5.21. The Hall–Kier alpha value is -2.89. The second kappa shape index (κ2) is 10.00. The number of aliphatic hydroxyl groups is 1. The molecule has 188 valence electrons. The van der Waals surface area contributed by atoms with Gasteiger partial charge >= 0.3 is 5.97 Å². The zero-order valence-corrected chi connectivity index (χ0v) is 19.9. The van der Waals surface area contributed by atoms with Gasteiger partial charge < -0.3 is 19.7 Å². The van der Waals surface area contributed by atoms with Crippen LogP contribution in [0.4, 0.5) is 13.2 Å². The van der Waals surface area contributed by atoms with E-state index in [9.17, 15) is 23.1 Å². The number of hydrogen-bond donors (Lipinski definition) is 2. The first-order valence-corrected chi connectivity index (χ1v) is 11.4. The van der Waals surface area contributed by atoms with Gasteiger partial charge in [0, 0.05) is 54.7 Å². The Labute approximate surface area is 205 Å².